The van der Waals surface area contributed by atoms with Crippen LogP contribution in [0.2, 0.25) is 0 Å². The molecule has 1 amide bonds. The van der Waals surface area contributed by atoms with Crippen molar-refractivity contribution in [2.75, 3.05) is 11.5 Å². The van der Waals surface area contributed by atoms with Crippen LogP contribution in [0, 0.1) is 13.8 Å². The number of carboxylic acids is 1. The highest BCUT2D eigenvalue weighted by Gasteiger charge is 2.45. The molecule has 0 aromatic heterocycles. The van der Waals surface area contributed by atoms with Gasteiger partial charge in [0.2, 0.25) is 0 Å². The molecule has 0 bridgehead atoms. The van der Waals surface area contributed by atoms with Crippen LogP contribution in [0.1, 0.15) is 23.1 Å². The Labute approximate surface area is 133 Å². The number of hydrogen-bond acceptors (Lipinski definition) is 4. The van der Waals surface area contributed by atoms with Gasteiger partial charge in [-0.3, -0.25) is 4.79 Å². The molecule has 3 rings (SSSR count). The number of benzene rings is 1. The topological polar surface area (TPSA) is 75.6 Å². The number of aryl methyl sites for hydroxylation is 2. The fraction of sp³-hybridized carbons (Fsp3) is 0.500. The molecular formula is C16H19NO4S. The van der Waals surface area contributed by atoms with Crippen LogP contribution >= 0.6 is 11.8 Å². The summed E-state index contributed by atoms with van der Waals surface area (Å²) in [6.45, 7) is 4.03. The van der Waals surface area contributed by atoms with E-state index in [4.69, 9.17) is 4.74 Å². The fourth-order valence-electron chi connectivity index (χ4n) is 2.86. The zero-order valence-corrected chi connectivity index (χ0v) is 13.5. The number of rotatable bonds is 3. The van der Waals surface area contributed by atoms with E-state index in [1.54, 1.807) is 11.8 Å². The number of ether oxygens (including phenoxy) is 1. The molecule has 0 aliphatic carbocycles. The summed E-state index contributed by atoms with van der Waals surface area (Å²) in [5, 5.41) is 12.1. The van der Waals surface area contributed by atoms with Crippen LogP contribution in [0.5, 0.6) is 5.75 Å². The largest absolute Gasteiger partial charge is 0.480 e. The summed E-state index contributed by atoms with van der Waals surface area (Å²) in [5.74, 6) is 0.584. The van der Waals surface area contributed by atoms with E-state index >= 15 is 0 Å². The molecule has 2 heterocycles. The quantitative estimate of drug-likeness (QED) is 0.886. The van der Waals surface area contributed by atoms with Crippen LogP contribution in [-0.2, 0) is 16.0 Å². The molecule has 1 aromatic rings. The molecule has 1 fully saturated rings. The van der Waals surface area contributed by atoms with E-state index in [2.05, 4.69) is 5.32 Å². The third-order valence-corrected chi connectivity index (χ3v) is 5.63. The molecule has 0 saturated carbocycles. The Bertz CT molecular complexity index is 606. The highest BCUT2D eigenvalue weighted by atomic mass is 32.2. The Morgan fingerprint density at radius 3 is 2.73 bits per heavy atom. The van der Waals surface area contributed by atoms with Crippen molar-refractivity contribution in [3.05, 3.63) is 28.8 Å². The Morgan fingerprint density at radius 1 is 1.36 bits per heavy atom. The normalized spacial score (nSPS) is 26.4. The first-order valence-corrected chi connectivity index (χ1v) is 8.47. The summed E-state index contributed by atoms with van der Waals surface area (Å²) >= 11 is 1.55. The van der Waals surface area contributed by atoms with Gasteiger partial charge in [0.05, 0.1) is 0 Å². The van der Waals surface area contributed by atoms with Gasteiger partial charge in [0.25, 0.3) is 5.91 Å². The first kappa shape index (κ1) is 15.2. The maximum absolute atomic E-state index is 12.4. The molecule has 1 aromatic carbocycles. The van der Waals surface area contributed by atoms with Crippen molar-refractivity contribution in [1.82, 2.24) is 5.32 Å². The van der Waals surface area contributed by atoms with Gasteiger partial charge in [0.15, 0.2) is 6.10 Å². The predicted molar refractivity (Wildman–Crippen MR) is 84.5 cm³/mol. The van der Waals surface area contributed by atoms with Crippen LogP contribution in [0.25, 0.3) is 0 Å². The SMILES string of the molecule is Cc1cc2c(cc1C)OC(C(=O)NC1(C(=O)O)CCSC1)C2. The summed E-state index contributed by atoms with van der Waals surface area (Å²) in [4.78, 5) is 24.0. The molecule has 2 aliphatic heterocycles. The number of fused-ring (bicyclic) bond motifs is 1. The predicted octanol–water partition coefficient (Wildman–Crippen LogP) is 1.68. The summed E-state index contributed by atoms with van der Waals surface area (Å²) in [6, 6.07) is 3.98. The van der Waals surface area contributed by atoms with Gasteiger partial charge in [-0.25, -0.2) is 4.79 Å². The number of carboxylic acid groups (broad SMARTS) is 1. The smallest absolute Gasteiger partial charge is 0.330 e. The van der Waals surface area contributed by atoms with Crippen LogP contribution in [-0.4, -0.2) is 40.1 Å². The van der Waals surface area contributed by atoms with Crippen LogP contribution in [0.4, 0.5) is 0 Å². The first-order valence-electron chi connectivity index (χ1n) is 7.31. The fourth-order valence-corrected chi connectivity index (χ4v) is 4.19. The average molecular weight is 321 g/mol. The molecule has 0 spiro atoms. The van der Waals surface area contributed by atoms with Gasteiger partial charge in [0, 0.05) is 12.2 Å². The van der Waals surface area contributed by atoms with Gasteiger partial charge < -0.3 is 15.2 Å². The lowest BCUT2D eigenvalue weighted by molar-refractivity contribution is -0.147. The van der Waals surface area contributed by atoms with Gasteiger partial charge in [-0.2, -0.15) is 11.8 Å². The maximum Gasteiger partial charge on any atom is 0.330 e. The zero-order valence-electron chi connectivity index (χ0n) is 12.6. The minimum atomic E-state index is -1.15. The number of amides is 1. The van der Waals surface area contributed by atoms with Crippen molar-refractivity contribution >= 4 is 23.6 Å². The Morgan fingerprint density at radius 2 is 2.09 bits per heavy atom. The number of thioether (sulfide) groups is 1. The van der Waals surface area contributed by atoms with Crippen LogP contribution in [0.3, 0.4) is 0 Å². The Kier molecular flexibility index (Phi) is 3.80. The second-order valence-corrected chi connectivity index (χ2v) is 7.14. The monoisotopic (exact) mass is 321 g/mol. The van der Waals surface area contributed by atoms with Gasteiger partial charge >= 0.3 is 5.97 Å². The van der Waals surface area contributed by atoms with Crippen LogP contribution in [0.15, 0.2) is 12.1 Å². The second-order valence-electron chi connectivity index (χ2n) is 6.03. The standard InChI is InChI=1S/C16H19NO4S/c1-9-5-11-7-13(21-12(11)6-10(9)2)14(18)17-16(15(19)20)3-4-22-8-16/h5-6,13H,3-4,7-8H2,1-2H3,(H,17,18)(H,19,20). The zero-order chi connectivity index (χ0) is 15.9. The third-order valence-electron chi connectivity index (χ3n) is 4.44. The van der Waals surface area contributed by atoms with E-state index < -0.39 is 17.6 Å². The van der Waals surface area contributed by atoms with E-state index in [1.165, 1.54) is 0 Å². The molecule has 118 valence electrons. The number of hydrogen-bond donors (Lipinski definition) is 2. The lowest BCUT2D eigenvalue weighted by Crippen LogP contribution is -2.57. The van der Waals surface area contributed by atoms with Crippen molar-refractivity contribution in [3.63, 3.8) is 0 Å². The summed E-state index contributed by atoms with van der Waals surface area (Å²) in [7, 11) is 0. The molecule has 6 heteroatoms. The highest BCUT2D eigenvalue weighted by Crippen LogP contribution is 2.33. The van der Waals surface area contributed by atoms with E-state index in [-0.39, 0.29) is 5.91 Å². The summed E-state index contributed by atoms with van der Waals surface area (Å²) in [5.41, 5.74) is 2.14. The van der Waals surface area contributed by atoms with E-state index in [0.29, 0.717) is 18.6 Å². The van der Waals surface area contributed by atoms with E-state index in [9.17, 15) is 14.7 Å². The minimum absolute atomic E-state index is 0.337. The van der Waals surface area contributed by atoms with Gasteiger partial charge in [-0.1, -0.05) is 6.07 Å². The van der Waals surface area contributed by atoms with E-state index in [0.717, 1.165) is 28.2 Å². The lowest BCUT2D eigenvalue weighted by Gasteiger charge is -2.26. The number of carbonyl (C=O) groups is 2. The number of carbonyl (C=O) groups excluding carboxylic acids is 1. The average Bonchev–Trinajstić information content (AvgIpc) is 3.07. The van der Waals surface area contributed by atoms with Crippen molar-refractivity contribution < 1.29 is 19.4 Å². The number of nitrogens with one attached hydrogen (secondary N) is 1. The van der Waals surface area contributed by atoms with Crippen LogP contribution < -0.4 is 10.1 Å². The maximum atomic E-state index is 12.4. The first-order chi connectivity index (χ1) is 10.4. The number of aliphatic carboxylic acids is 1. The molecule has 22 heavy (non-hydrogen) atoms. The molecule has 5 nitrogen and oxygen atoms in total. The van der Waals surface area contributed by atoms with Gasteiger partial charge in [0.1, 0.15) is 11.3 Å². The van der Waals surface area contributed by atoms with Crippen molar-refractivity contribution in [2.45, 2.75) is 38.3 Å². The summed E-state index contributed by atoms with van der Waals surface area (Å²) < 4.78 is 5.73. The molecule has 0 radical (unpaired) electrons. The highest BCUT2D eigenvalue weighted by molar-refractivity contribution is 7.99. The third kappa shape index (κ3) is 2.56. The molecule has 1 saturated heterocycles. The summed E-state index contributed by atoms with van der Waals surface area (Å²) in [6.07, 6.45) is 0.305. The van der Waals surface area contributed by atoms with Crippen molar-refractivity contribution in [2.24, 2.45) is 0 Å². The van der Waals surface area contributed by atoms with E-state index in [1.807, 2.05) is 26.0 Å². The molecule has 2 N–H and O–H groups in total. The molecular weight excluding hydrogens is 302 g/mol. The Balaban J connectivity index is 1.74. The Hall–Kier alpha value is -1.69. The van der Waals surface area contributed by atoms with Gasteiger partial charge in [-0.05, 0) is 48.8 Å². The van der Waals surface area contributed by atoms with Crippen molar-refractivity contribution in [3.8, 4) is 5.75 Å². The second kappa shape index (κ2) is 5.50. The van der Waals surface area contributed by atoms with Crippen molar-refractivity contribution in [1.29, 1.82) is 0 Å². The van der Waals surface area contributed by atoms with Gasteiger partial charge in [-0.15, -0.1) is 0 Å². The lowest BCUT2D eigenvalue weighted by atomic mass is 9.98. The molecule has 2 unspecified atom stereocenters. The molecule has 2 atom stereocenters. The molecule has 2 aliphatic rings. The minimum Gasteiger partial charge on any atom is -0.480 e.